The third-order valence-electron chi connectivity index (χ3n) is 4.09. The van der Waals surface area contributed by atoms with Crippen LogP contribution in [0.2, 0.25) is 10.0 Å². The van der Waals surface area contributed by atoms with Gasteiger partial charge < -0.3 is 14.5 Å². The Kier molecular flexibility index (Phi) is 5.16. The number of aliphatic imine (C=N–C) groups is 1. The fraction of sp³-hybridized carbons (Fsp3) is 0.100. The lowest BCUT2D eigenvalue weighted by Gasteiger charge is -2.10. The topological polar surface area (TPSA) is 57.4 Å². The standard InChI is InChI=1S/C20H16Cl2N2O2/c1-12-9-15(11-23-16-5-3-14(4-6-16)20(25)26)13(2)24(12)17-7-8-18(21)19(22)10-17/h3-11H,1-2H3,(H,25,26)/p-1. The Morgan fingerprint density at radius 2 is 1.73 bits per heavy atom. The van der Waals surface area contributed by atoms with Crippen molar-refractivity contribution in [1.29, 1.82) is 0 Å². The van der Waals surface area contributed by atoms with Gasteiger partial charge in [-0.25, -0.2) is 0 Å². The average Bonchev–Trinajstić information content (AvgIpc) is 2.90. The van der Waals surface area contributed by atoms with Crippen molar-refractivity contribution in [1.82, 2.24) is 4.57 Å². The van der Waals surface area contributed by atoms with Crippen LogP contribution in [0.15, 0.2) is 53.5 Å². The number of hydrogen-bond donors (Lipinski definition) is 0. The highest BCUT2D eigenvalue weighted by molar-refractivity contribution is 6.42. The second-order valence-electron chi connectivity index (χ2n) is 5.85. The predicted octanol–water partition coefficient (Wildman–Crippen LogP) is 4.52. The Labute approximate surface area is 161 Å². The SMILES string of the molecule is Cc1cc(C=Nc2ccc(C(=O)[O-])cc2)c(C)n1-c1ccc(Cl)c(Cl)c1. The Bertz CT molecular complexity index is 1010. The number of aromatic carboxylic acids is 1. The van der Waals surface area contributed by atoms with E-state index in [9.17, 15) is 9.90 Å². The summed E-state index contributed by atoms with van der Waals surface area (Å²) in [5.74, 6) is -1.20. The van der Waals surface area contributed by atoms with Gasteiger partial charge in [-0.15, -0.1) is 0 Å². The minimum Gasteiger partial charge on any atom is -0.545 e. The molecule has 0 saturated carbocycles. The van der Waals surface area contributed by atoms with Crippen LogP contribution in [0.25, 0.3) is 5.69 Å². The number of carboxylic acids is 1. The van der Waals surface area contributed by atoms with Crippen LogP contribution in [0.5, 0.6) is 0 Å². The van der Waals surface area contributed by atoms with E-state index < -0.39 is 5.97 Å². The minimum absolute atomic E-state index is 0.127. The van der Waals surface area contributed by atoms with Gasteiger partial charge in [-0.05, 0) is 55.8 Å². The summed E-state index contributed by atoms with van der Waals surface area (Å²) < 4.78 is 2.07. The van der Waals surface area contributed by atoms with Crippen molar-refractivity contribution in [2.24, 2.45) is 4.99 Å². The Balaban J connectivity index is 1.92. The summed E-state index contributed by atoms with van der Waals surface area (Å²) >= 11 is 12.1. The molecule has 132 valence electrons. The number of carbonyl (C=O) groups excluding carboxylic acids is 1. The molecule has 0 unspecified atom stereocenters. The van der Waals surface area contributed by atoms with E-state index in [1.165, 1.54) is 12.1 Å². The van der Waals surface area contributed by atoms with E-state index in [1.807, 2.05) is 32.0 Å². The Morgan fingerprint density at radius 1 is 1.04 bits per heavy atom. The van der Waals surface area contributed by atoms with Crippen LogP contribution in [-0.2, 0) is 0 Å². The molecule has 3 rings (SSSR count). The molecule has 0 fully saturated rings. The monoisotopic (exact) mass is 385 g/mol. The van der Waals surface area contributed by atoms with E-state index in [1.54, 1.807) is 24.4 Å². The van der Waals surface area contributed by atoms with Crippen LogP contribution in [0.1, 0.15) is 27.3 Å². The van der Waals surface area contributed by atoms with E-state index in [0.717, 1.165) is 22.6 Å². The summed E-state index contributed by atoms with van der Waals surface area (Å²) in [6.45, 7) is 4.00. The number of aromatic nitrogens is 1. The molecule has 0 aliphatic heterocycles. The lowest BCUT2D eigenvalue weighted by Crippen LogP contribution is -2.21. The molecular formula is C20H15Cl2N2O2-. The van der Waals surface area contributed by atoms with Crippen LogP contribution in [0.4, 0.5) is 5.69 Å². The largest absolute Gasteiger partial charge is 0.545 e. The number of carbonyl (C=O) groups is 1. The second kappa shape index (κ2) is 7.36. The van der Waals surface area contributed by atoms with Crippen LogP contribution in [-0.4, -0.2) is 16.8 Å². The molecule has 0 spiro atoms. The maximum atomic E-state index is 10.8. The highest BCUT2D eigenvalue weighted by atomic mass is 35.5. The van der Waals surface area contributed by atoms with Gasteiger partial charge in [-0.3, -0.25) is 4.99 Å². The first kappa shape index (κ1) is 18.2. The molecule has 0 atom stereocenters. The van der Waals surface area contributed by atoms with E-state index in [2.05, 4.69) is 9.56 Å². The smallest absolute Gasteiger partial charge is 0.0715 e. The van der Waals surface area contributed by atoms with Gasteiger partial charge in [0.15, 0.2) is 0 Å². The zero-order chi connectivity index (χ0) is 18.8. The van der Waals surface area contributed by atoms with Crippen molar-refractivity contribution in [2.45, 2.75) is 13.8 Å². The molecule has 2 aromatic carbocycles. The highest BCUT2D eigenvalue weighted by Crippen LogP contribution is 2.27. The average molecular weight is 386 g/mol. The number of hydrogen-bond acceptors (Lipinski definition) is 3. The normalized spacial score (nSPS) is 11.2. The maximum absolute atomic E-state index is 10.8. The summed E-state index contributed by atoms with van der Waals surface area (Å²) in [6, 6.07) is 13.8. The molecule has 0 amide bonds. The first-order valence-corrected chi connectivity index (χ1v) is 8.62. The number of aryl methyl sites for hydroxylation is 1. The molecule has 26 heavy (non-hydrogen) atoms. The third kappa shape index (κ3) is 3.66. The van der Waals surface area contributed by atoms with Gasteiger partial charge in [0.2, 0.25) is 0 Å². The molecule has 4 nitrogen and oxygen atoms in total. The van der Waals surface area contributed by atoms with E-state index in [0.29, 0.717) is 15.7 Å². The first-order chi connectivity index (χ1) is 12.4. The third-order valence-corrected chi connectivity index (χ3v) is 4.83. The molecule has 6 heteroatoms. The quantitative estimate of drug-likeness (QED) is 0.620. The molecule has 0 radical (unpaired) electrons. The van der Waals surface area contributed by atoms with Crippen molar-refractivity contribution in [3.8, 4) is 5.69 Å². The summed E-state index contributed by atoms with van der Waals surface area (Å²) in [5.41, 5.74) is 4.71. The minimum atomic E-state index is -1.20. The number of benzene rings is 2. The molecule has 0 aliphatic carbocycles. The van der Waals surface area contributed by atoms with Crippen molar-refractivity contribution in [3.63, 3.8) is 0 Å². The summed E-state index contributed by atoms with van der Waals surface area (Å²) in [7, 11) is 0. The summed E-state index contributed by atoms with van der Waals surface area (Å²) in [6.07, 6.45) is 1.75. The molecule has 0 bridgehead atoms. The van der Waals surface area contributed by atoms with Gasteiger partial charge in [0, 0.05) is 28.9 Å². The lowest BCUT2D eigenvalue weighted by atomic mass is 10.2. The van der Waals surface area contributed by atoms with Gasteiger partial charge in [-0.1, -0.05) is 35.3 Å². The predicted molar refractivity (Wildman–Crippen MR) is 103 cm³/mol. The van der Waals surface area contributed by atoms with Crippen LogP contribution < -0.4 is 5.11 Å². The van der Waals surface area contributed by atoms with E-state index in [-0.39, 0.29) is 5.56 Å². The molecule has 1 heterocycles. The van der Waals surface area contributed by atoms with E-state index >= 15 is 0 Å². The summed E-state index contributed by atoms with van der Waals surface area (Å²) in [4.78, 5) is 15.2. The fourth-order valence-corrected chi connectivity index (χ4v) is 3.06. The first-order valence-electron chi connectivity index (χ1n) is 7.86. The van der Waals surface area contributed by atoms with Gasteiger partial charge in [0.05, 0.1) is 21.7 Å². The number of nitrogens with zero attached hydrogens (tertiary/aromatic N) is 2. The highest BCUT2D eigenvalue weighted by Gasteiger charge is 2.10. The Hall–Kier alpha value is -2.56. The van der Waals surface area contributed by atoms with Gasteiger partial charge in [0.25, 0.3) is 0 Å². The van der Waals surface area contributed by atoms with Crippen molar-refractivity contribution in [3.05, 3.63) is 81.1 Å². The van der Waals surface area contributed by atoms with Crippen LogP contribution in [0.3, 0.4) is 0 Å². The molecule has 0 saturated heterocycles. The number of rotatable bonds is 4. The van der Waals surface area contributed by atoms with E-state index in [4.69, 9.17) is 23.2 Å². The number of carboxylic acid groups (broad SMARTS) is 1. The molecule has 0 aliphatic rings. The van der Waals surface area contributed by atoms with Gasteiger partial charge in [-0.2, -0.15) is 0 Å². The fourth-order valence-electron chi connectivity index (χ4n) is 2.77. The zero-order valence-corrected chi connectivity index (χ0v) is 15.7. The van der Waals surface area contributed by atoms with Crippen LogP contribution in [0, 0.1) is 13.8 Å². The summed E-state index contributed by atoms with van der Waals surface area (Å²) in [5, 5.41) is 11.8. The maximum Gasteiger partial charge on any atom is 0.0715 e. The van der Waals surface area contributed by atoms with Gasteiger partial charge in [0.1, 0.15) is 0 Å². The van der Waals surface area contributed by atoms with Gasteiger partial charge >= 0.3 is 0 Å². The molecule has 0 N–H and O–H groups in total. The Morgan fingerprint density at radius 3 is 2.35 bits per heavy atom. The van der Waals surface area contributed by atoms with Crippen molar-refractivity contribution < 1.29 is 9.90 Å². The molecular weight excluding hydrogens is 371 g/mol. The molecule has 3 aromatic rings. The van der Waals surface area contributed by atoms with Crippen molar-refractivity contribution >= 4 is 41.1 Å². The zero-order valence-electron chi connectivity index (χ0n) is 14.2. The second-order valence-corrected chi connectivity index (χ2v) is 6.67. The van der Waals surface area contributed by atoms with Crippen molar-refractivity contribution in [2.75, 3.05) is 0 Å². The number of halogens is 2. The van der Waals surface area contributed by atoms with Crippen LogP contribution >= 0.6 is 23.2 Å². The molecule has 1 aromatic heterocycles. The lowest BCUT2D eigenvalue weighted by molar-refractivity contribution is -0.255.